The quantitative estimate of drug-likeness (QED) is 0.732. The number of aliphatic hydroxyl groups excluding tert-OH is 1. The molecular weight excluding hydrogens is 328 g/mol. The number of amides is 1. The third-order valence-electron chi connectivity index (χ3n) is 2.71. The Balaban J connectivity index is 2.64. The van der Waals surface area contributed by atoms with Crippen LogP contribution in [0, 0.1) is 6.92 Å². The summed E-state index contributed by atoms with van der Waals surface area (Å²) in [6.45, 7) is 3.85. The minimum Gasteiger partial charge on any atom is -0.394 e. The molecule has 1 aromatic rings. The minimum absolute atomic E-state index is 0.0252. The summed E-state index contributed by atoms with van der Waals surface area (Å²) in [7, 11) is 0. The smallest absolute Gasteiger partial charge is 0.257 e. The third-order valence-corrected chi connectivity index (χ3v) is 3.78. The molecule has 0 saturated heterocycles. The fourth-order valence-corrected chi connectivity index (χ4v) is 2.05. The Morgan fingerprint density at radius 1 is 1.53 bits per heavy atom. The third kappa shape index (κ3) is 4.89. The molecule has 0 radical (unpaired) electrons. The molecule has 0 spiro atoms. The van der Waals surface area contributed by atoms with Crippen LogP contribution in [0.2, 0.25) is 0 Å². The van der Waals surface area contributed by atoms with Crippen LogP contribution in [0.25, 0.3) is 0 Å². The lowest BCUT2D eigenvalue weighted by molar-refractivity contribution is 0.0976. The van der Waals surface area contributed by atoms with Gasteiger partial charge in [-0.05, 0) is 43.3 Å². The van der Waals surface area contributed by atoms with Crippen molar-refractivity contribution in [2.24, 2.45) is 0 Å². The highest BCUT2D eigenvalue weighted by Gasteiger charge is 2.11. The molecular formula is C13H17BrN2O2S. The number of carbonyl (C=O) groups is 1. The Morgan fingerprint density at radius 3 is 2.74 bits per heavy atom. The summed E-state index contributed by atoms with van der Waals surface area (Å²) < 4.78 is 0.876. The van der Waals surface area contributed by atoms with Crippen LogP contribution in [-0.4, -0.2) is 28.8 Å². The number of nitrogens with one attached hydrogen (secondary N) is 2. The van der Waals surface area contributed by atoms with Crippen LogP contribution in [0.4, 0.5) is 0 Å². The highest BCUT2D eigenvalue weighted by Crippen LogP contribution is 2.17. The van der Waals surface area contributed by atoms with Crippen LogP contribution in [0.1, 0.15) is 29.3 Å². The Hall–Kier alpha value is -0.980. The maximum atomic E-state index is 12.0. The van der Waals surface area contributed by atoms with E-state index in [1.807, 2.05) is 19.9 Å². The summed E-state index contributed by atoms with van der Waals surface area (Å²) in [6, 6.07) is 5.20. The van der Waals surface area contributed by atoms with Crippen molar-refractivity contribution >= 4 is 39.2 Å². The first-order valence-electron chi connectivity index (χ1n) is 5.96. The Bertz CT molecular complexity index is 476. The molecule has 4 nitrogen and oxygen atoms in total. The van der Waals surface area contributed by atoms with Crippen molar-refractivity contribution in [1.82, 2.24) is 10.6 Å². The zero-order valence-corrected chi connectivity index (χ0v) is 13.3. The molecule has 19 heavy (non-hydrogen) atoms. The first kappa shape index (κ1) is 16.1. The zero-order chi connectivity index (χ0) is 14.4. The van der Waals surface area contributed by atoms with Gasteiger partial charge in [-0.1, -0.05) is 28.9 Å². The van der Waals surface area contributed by atoms with Gasteiger partial charge in [-0.15, -0.1) is 0 Å². The highest BCUT2D eigenvalue weighted by molar-refractivity contribution is 9.10. The van der Waals surface area contributed by atoms with E-state index in [0.717, 1.165) is 16.5 Å². The summed E-state index contributed by atoms with van der Waals surface area (Å²) in [5, 5.41) is 14.7. The number of rotatable bonds is 4. The summed E-state index contributed by atoms with van der Waals surface area (Å²) in [6.07, 6.45) is 0.725. The van der Waals surface area contributed by atoms with E-state index < -0.39 is 0 Å². The molecule has 1 amide bonds. The van der Waals surface area contributed by atoms with E-state index in [-0.39, 0.29) is 23.7 Å². The van der Waals surface area contributed by atoms with Crippen molar-refractivity contribution in [3.8, 4) is 0 Å². The molecule has 0 aliphatic carbocycles. The molecule has 1 atom stereocenters. The largest absolute Gasteiger partial charge is 0.394 e. The molecule has 0 heterocycles. The first-order chi connectivity index (χ1) is 8.97. The molecule has 0 saturated carbocycles. The van der Waals surface area contributed by atoms with Gasteiger partial charge in [0.1, 0.15) is 0 Å². The summed E-state index contributed by atoms with van der Waals surface area (Å²) in [5.41, 5.74) is 1.59. The number of halogens is 1. The maximum absolute atomic E-state index is 12.0. The van der Waals surface area contributed by atoms with Gasteiger partial charge in [0.25, 0.3) is 5.91 Å². The molecule has 1 unspecified atom stereocenters. The van der Waals surface area contributed by atoms with Crippen molar-refractivity contribution in [2.75, 3.05) is 6.61 Å². The number of carbonyl (C=O) groups excluding carboxylic acids is 1. The zero-order valence-electron chi connectivity index (χ0n) is 10.9. The lowest BCUT2D eigenvalue weighted by atomic mass is 10.1. The van der Waals surface area contributed by atoms with Crippen molar-refractivity contribution in [1.29, 1.82) is 0 Å². The van der Waals surface area contributed by atoms with Crippen LogP contribution in [-0.2, 0) is 0 Å². The molecule has 0 aliphatic rings. The van der Waals surface area contributed by atoms with E-state index in [1.54, 1.807) is 12.1 Å². The molecule has 104 valence electrons. The van der Waals surface area contributed by atoms with E-state index in [2.05, 4.69) is 26.6 Å². The topological polar surface area (TPSA) is 61.4 Å². The van der Waals surface area contributed by atoms with Gasteiger partial charge in [0.15, 0.2) is 5.11 Å². The van der Waals surface area contributed by atoms with Crippen LogP contribution in [0.3, 0.4) is 0 Å². The second kappa shape index (κ2) is 7.57. The molecule has 0 bridgehead atoms. The van der Waals surface area contributed by atoms with E-state index in [0.29, 0.717) is 5.56 Å². The number of benzene rings is 1. The van der Waals surface area contributed by atoms with Gasteiger partial charge in [-0.2, -0.15) is 0 Å². The number of aliphatic hydroxyl groups is 1. The summed E-state index contributed by atoms with van der Waals surface area (Å²) in [5.74, 6) is -0.272. The predicted molar refractivity (Wildman–Crippen MR) is 83.2 cm³/mol. The van der Waals surface area contributed by atoms with Crippen molar-refractivity contribution in [2.45, 2.75) is 26.3 Å². The van der Waals surface area contributed by atoms with Gasteiger partial charge < -0.3 is 10.4 Å². The number of hydrogen-bond acceptors (Lipinski definition) is 3. The van der Waals surface area contributed by atoms with Crippen molar-refractivity contribution < 1.29 is 9.90 Å². The molecule has 1 aromatic carbocycles. The summed E-state index contributed by atoms with van der Waals surface area (Å²) in [4.78, 5) is 12.0. The van der Waals surface area contributed by atoms with E-state index in [4.69, 9.17) is 17.3 Å². The van der Waals surface area contributed by atoms with Crippen LogP contribution in [0.15, 0.2) is 22.7 Å². The average molecular weight is 345 g/mol. The lowest BCUT2D eigenvalue weighted by Gasteiger charge is -2.16. The molecule has 1 rings (SSSR count). The number of thiocarbonyl (C=S) groups is 1. The van der Waals surface area contributed by atoms with Gasteiger partial charge in [0.05, 0.1) is 12.6 Å². The van der Waals surface area contributed by atoms with Crippen LogP contribution < -0.4 is 10.6 Å². The van der Waals surface area contributed by atoms with Crippen molar-refractivity contribution in [3.05, 3.63) is 33.8 Å². The SMILES string of the molecule is CCC(CO)NC(=S)NC(=O)c1ccc(C)c(Br)c1. The molecule has 0 aliphatic heterocycles. The number of aryl methyl sites for hydroxylation is 1. The van der Waals surface area contributed by atoms with Crippen LogP contribution >= 0.6 is 28.1 Å². The Kier molecular flexibility index (Phi) is 6.41. The van der Waals surface area contributed by atoms with Gasteiger partial charge in [0, 0.05) is 10.0 Å². The Morgan fingerprint density at radius 2 is 2.21 bits per heavy atom. The van der Waals surface area contributed by atoms with Gasteiger partial charge in [-0.25, -0.2) is 0 Å². The normalized spacial score (nSPS) is 11.8. The van der Waals surface area contributed by atoms with E-state index in [9.17, 15) is 4.79 Å². The second-order valence-electron chi connectivity index (χ2n) is 4.18. The van der Waals surface area contributed by atoms with Crippen LogP contribution in [0.5, 0.6) is 0 Å². The minimum atomic E-state index is -0.272. The lowest BCUT2D eigenvalue weighted by Crippen LogP contribution is -2.45. The summed E-state index contributed by atoms with van der Waals surface area (Å²) >= 11 is 8.41. The predicted octanol–water partition coefficient (Wildman–Crippen LogP) is 2.13. The van der Waals surface area contributed by atoms with Crippen molar-refractivity contribution in [3.63, 3.8) is 0 Å². The monoisotopic (exact) mass is 344 g/mol. The standard InChI is InChI=1S/C13H17BrN2O2S/c1-3-10(7-17)15-13(19)16-12(18)9-5-4-8(2)11(14)6-9/h4-6,10,17H,3,7H2,1-2H3,(H2,15,16,18,19). The molecule has 0 aromatic heterocycles. The van der Waals surface area contributed by atoms with E-state index >= 15 is 0 Å². The Labute approximate surface area is 126 Å². The fraction of sp³-hybridized carbons (Fsp3) is 0.385. The van der Waals surface area contributed by atoms with Gasteiger partial charge >= 0.3 is 0 Å². The van der Waals surface area contributed by atoms with Gasteiger partial charge in [-0.3, -0.25) is 10.1 Å². The van der Waals surface area contributed by atoms with E-state index in [1.165, 1.54) is 0 Å². The highest BCUT2D eigenvalue weighted by atomic mass is 79.9. The first-order valence-corrected chi connectivity index (χ1v) is 7.17. The molecule has 3 N–H and O–H groups in total. The number of hydrogen-bond donors (Lipinski definition) is 3. The molecule has 0 fully saturated rings. The van der Waals surface area contributed by atoms with Gasteiger partial charge in [0.2, 0.25) is 0 Å². The average Bonchev–Trinajstić information content (AvgIpc) is 2.38. The maximum Gasteiger partial charge on any atom is 0.257 e. The molecule has 6 heteroatoms. The fourth-order valence-electron chi connectivity index (χ4n) is 1.41. The second-order valence-corrected chi connectivity index (χ2v) is 5.44.